The average Bonchev–Trinajstić information content (AvgIpc) is 2.86. The molecule has 0 aliphatic rings. The normalized spacial score (nSPS) is 10.9. The van der Waals surface area contributed by atoms with Crippen LogP contribution in [0.2, 0.25) is 0 Å². The van der Waals surface area contributed by atoms with Gasteiger partial charge in [-0.1, -0.05) is 72.8 Å². The summed E-state index contributed by atoms with van der Waals surface area (Å²) in [6.07, 6.45) is 0. The van der Waals surface area contributed by atoms with Crippen LogP contribution >= 0.6 is 0 Å². The highest BCUT2D eigenvalue weighted by atomic mass is 16.5. The molecule has 0 amide bonds. The van der Waals surface area contributed by atoms with Gasteiger partial charge >= 0.3 is 0 Å². The number of hydrogen-bond acceptors (Lipinski definition) is 3. The fourth-order valence-corrected chi connectivity index (χ4v) is 4.22. The first-order chi connectivity index (χ1) is 15.8. The second-order valence-corrected chi connectivity index (χ2v) is 7.66. The SMILES string of the molecule is COc1ccc2ccccc2c1-c1c(OC)ccc2ccc(OCc3ccccc3)cc12. The van der Waals surface area contributed by atoms with Crippen LogP contribution in [-0.2, 0) is 6.61 Å². The Bertz CT molecular complexity index is 1390. The summed E-state index contributed by atoms with van der Waals surface area (Å²) in [6.45, 7) is 0.517. The Morgan fingerprint density at radius 2 is 1.16 bits per heavy atom. The molecular formula is C29H24O3. The Morgan fingerprint density at radius 3 is 1.88 bits per heavy atom. The number of hydrogen-bond donors (Lipinski definition) is 0. The van der Waals surface area contributed by atoms with Crippen LogP contribution < -0.4 is 14.2 Å². The molecule has 3 heteroatoms. The van der Waals surface area contributed by atoms with Crippen LogP contribution in [0, 0.1) is 0 Å². The van der Waals surface area contributed by atoms with E-state index < -0.39 is 0 Å². The lowest BCUT2D eigenvalue weighted by atomic mass is 9.92. The van der Waals surface area contributed by atoms with E-state index in [1.165, 1.54) is 0 Å². The predicted octanol–water partition coefficient (Wildman–Crippen LogP) is 7.26. The van der Waals surface area contributed by atoms with Gasteiger partial charge in [0.05, 0.1) is 14.2 Å². The molecule has 3 nitrogen and oxygen atoms in total. The van der Waals surface area contributed by atoms with E-state index in [-0.39, 0.29) is 0 Å². The minimum Gasteiger partial charge on any atom is -0.496 e. The zero-order valence-corrected chi connectivity index (χ0v) is 18.2. The van der Waals surface area contributed by atoms with Crippen molar-refractivity contribution >= 4 is 21.5 Å². The molecule has 5 aromatic carbocycles. The second-order valence-electron chi connectivity index (χ2n) is 7.66. The molecule has 0 aromatic heterocycles. The standard InChI is InChI=1S/C29H24O3/c1-30-26-16-13-21-10-6-7-11-24(21)28(26)29-25-18-23(32-19-20-8-4-3-5-9-20)15-12-22(25)14-17-27(29)31-2/h3-18H,19H2,1-2H3. The summed E-state index contributed by atoms with van der Waals surface area (Å²) in [7, 11) is 3.41. The maximum atomic E-state index is 6.14. The van der Waals surface area contributed by atoms with E-state index in [0.29, 0.717) is 6.61 Å². The average molecular weight is 421 g/mol. The Morgan fingerprint density at radius 1 is 0.562 bits per heavy atom. The first-order valence-electron chi connectivity index (χ1n) is 10.6. The monoisotopic (exact) mass is 420 g/mol. The molecule has 5 rings (SSSR count). The Kier molecular flexibility index (Phi) is 5.39. The van der Waals surface area contributed by atoms with Crippen molar-refractivity contribution in [3.63, 3.8) is 0 Å². The van der Waals surface area contributed by atoms with Crippen LogP contribution in [-0.4, -0.2) is 14.2 Å². The van der Waals surface area contributed by atoms with Crippen LogP contribution in [0.3, 0.4) is 0 Å². The summed E-state index contributed by atoms with van der Waals surface area (Å²) in [5.41, 5.74) is 3.16. The van der Waals surface area contributed by atoms with Gasteiger partial charge in [-0.3, -0.25) is 0 Å². The van der Waals surface area contributed by atoms with Crippen LogP contribution in [0.25, 0.3) is 32.7 Å². The van der Waals surface area contributed by atoms with Crippen molar-refractivity contribution in [2.45, 2.75) is 6.61 Å². The summed E-state index contributed by atoms with van der Waals surface area (Å²) in [6, 6.07) is 32.9. The van der Waals surface area contributed by atoms with Gasteiger partial charge in [-0.2, -0.15) is 0 Å². The van der Waals surface area contributed by atoms with Crippen LogP contribution in [0.5, 0.6) is 17.2 Å². The molecule has 158 valence electrons. The van der Waals surface area contributed by atoms with Gasteiger partial charge in [-0.25, -0.2) is 0 Å². The van der Waals surface area contributed by atoms with Crippen LogP contribution in [0.15, 0.2) is 97.1 Å². The third-order valence-corrected chi connectivity index (χ3v) is 5.78. The first-order valence-corrected chi connectivity index (χ1v) is 10.6. The van der Waals surface area contributed by atoms with Crippen molar-refractivity contribution < 1.29 is 14.2 Å². The highest BCUT2D eigenvalue weighted by molar-refractivity contribution is 6.10. The fraction of sp³-hybridized carbons (Fsp3) is 0.103. The highest BCUT2D eigenvalue weighted by Gasteiger charge is 2.18. The molecule has 0 fully saturated rings. The number of methoxy groups -OCH3 is 2. The van der Waals surface area contributed by atoms with Crippen molar-refractivity contribution in [1.29, 1.82) is 0 Å². The fourth-order valence-electron chi connectivity index (χ4n) is 4.22. The maximum absolute atomic E-state index is 6.14. The smallest absolute Gasteiger partial charge is 0.127 e. The van der Waals surface area contributed by atoms with Crippen molar-refractivity contribution in [2.24, 2.45) is 0 Å². The minimum absolute atomic E-state index is 0.517. The third kappa shape index (κ3) is 3.63. The topological polar surface area (TPSA) is 27.7 Å². The molecule has 5 aromatic rings. The van der Waals surface area contributed by atoms with E-state index in [1.54, 1.807) is 14.2 Å². The molecule has 0 saturated carbocycles. The van der Waals surface area contributed by atoms with Gasteiger partial charge in [0.15, 0.2) is 0 Å². The van der Waals surface area contributed by atoms with Crippen molar-refractivity contribution in [3.8, 4) is 28.4 Å². The highest BCUT2D eigenvalue weighted by Crippen LogP contribution is 2.45. The van der Waals surface area contributed by atoms with Gasteiger partial charge < -0.3 is 14.2 Å². The van der Waals surface area contributed by atoms with Gasteiger partial charge in [0, 0.05) is 11.1 Å². The second kappa shape index (κ2) is 8.64. The van der Waals surface area contributed by atoms with Crippen LogP contribution in [0.4, 0.5) is 0 Å². The predicted molar refractivity (Wildman–Crippen MR) is 131 cm³/mol. The maximum Gasteiger partial charge on any atom is 0.127 e. The van der Waals surface area contributed by atoms with E-state index in [1.807, 2.05) is 36.4 Å². The van der Waals surface area contributed by atoms with E-state index in [4.69, 9.17) is 14.2 Å². The van der Waals surface area contributed by atoms with Gasteiger partial charge in [-0.15, -0.1) is 0 Å². The largest absolute Gasteiger partial charge is 0.496 e. The Hall–Kier alpha value is -3.98. The Labute approximate surface area is 187 Å². The molecule has 32 heavy (non-hydrogen) atoms. The molecule has 0 aliphatic carbocycles. The first kappa shape index (κ1) is 20.0. The summed E-state index contributed by atoms with van der Waals surface area (Å²) >= 11 is 0. The van der Waals surface area contributed by atoms with E-state index in [9.17, 15) is 0 Å². The van der Waals surface area contributed by atoms with Crippen molar-refractivity contribution in [2.75, 3.05) is 14.2 Å². The van der Waals surface area contributed by atoms with Crippen LogP contribution in [0.1, 0.15) is 5.56 Å². The van der Waals surface area contributed by atoms with Crippen molar-refractivity contribution in [1.82, 2.24) is 0 Å². The lowest BCUT2D eigenvalue weighted by molar-refractivity contribution is 0.306. The molecular weight excluding hydrogens is 396 g/mol. The van der Waals surface area contributed by atoms with Gasteiger partial charge in [0.1, 0.15) is 23.9 Å². The molecule has 0 heterocycles. The van der Waals surface area contributed by atoms with Crippen molar-refractivity contribution in [3.05, 3.63) is 103 Å². The molecule has 0 radical (unpaired) electrons. The summed E-state index contributed by atoms with van der Waals surface area (Å²) in [5.74, 6) is 2.42. The molecule has 0 unspecified atom stereocenters. The number of ether oxygens (including phenoxy) is 3. The molecule has 0 atom stereocenters. The Balaban J connectivity index is 1.71. The quantitative estimate of drug-likeness (QED) is 0.289. The summed E-state index contributed by atoms with van der Waals surface area (Å²) < 4.78 is 17.8. The number of fused-ring (bicyclic) bond motifs is 2. The van der Waals surface area contributed by atoms with Gasteiger partial charge in [0.25, 0.3) is 0 Å². The number of rotatable bonds is 6. The molecule has 0 bridgehead atoms. The van der Waals surface area contributed by atoms with E-state index in [2.05, 4.69) is 60.7 Å². The zero-order valence-electron chi connectivity index (χ0n) is 18.2. The molecule has 0 N–H and O–H groups in total. The van der Waals surface area contributed by atoms with E-state index in [0.717, 1.165) is 55.5 Å². The summed E-state index contributed by atoms with van der Waals surface area (Å²) in [4.78, 5) is 0. The molecule has 0 spiro atoms. The van der Waals surface area contributed by atoms with Gasteiger partial charge in [0.2, 0.25) is 0 Å². The summed E-state index contributed by atoms with van der Waals surface area (Å²) in [5, 5.41) is 4.44. The minimum atomic E-state index is 0.517. The number of benzene rings is 5. The lowest BCUT2D eigenvalue weighted by Gasteiger charge is -2.18. The lowest BCUT2D eigenvalue weighted by Crippen LogP contribution is -1.97. The third-order valence-electron chi connectivity index (χ3n) is 5.78. The van der Waals surface area contributed by atoms with E-state index >= 15 is 0 Å². The van der Waals surface area contributed by atoms with Gasteiger partial charge in [-0.05, 0) is 51.4 Å². The molecule has 0 aliphatic heterocycles. The zero-order chi connectivity index (χ0) is 21.9. The molecule has 0 saturated heterocycles.